The lowest BCUT2D eigenvalue weighted by molar-refractivity contribution is -0.166. The van der Waals surface area contributed by atoms with Gasteiger partial charge in [-0.25, -0.2) is 14.4 Å². The second kappa shape index (κ2) is 19.4. The van der Waals surface area contributed by atoms with Crippen LogP contribution in [0.15, 0.2) is 34.9 Å². The van der Waals surface area contributed by atoms with Crippen molar-refractivity contribution >= 4 is 71.6 Å². The second-order valence-corrected chi connectivity index (χ2v) is 13.8. The number of aliphatic carboxylic acids is 8. The maximum absolute atomic E-state index is 13.8. The minimum Gasteiger partial charge on any atom is -0.481 e. The molecule has 22 heteroatoms. The molecule has 314 valence electrons. The molecule has 9 unspecified atom stereocenters. The number of rotatable bonds is 12. The molecule has 0 heterocycles. The number of carboxylic acids is 8. The fourth-order valence-corrected chi connectivity index (χ4v) is 7.42. The van der Waals surface area contributed by atoms with Crippen molar-refractivity contribution in [2.75, 3.05) is 0 Å². The Labute approximate surface area is 325 Å². The molecule has 0 aromatic rings. The van der Waals surface area contributed by atoms with Gasteiger partial charge in [0.15, 0.2) is 0 Å². The van der Waals surface area contributed by atoms with Crippen LogP contribution in [-0.4, -0.2) is 112 Å². The van der Waals surface area contributed by atoms with Crippen LogP contribution in [0.2, 0.25) is 0 Å². The minimum absolute atomic E-state index is 0.378. The first-order valence-electron chi connectivity index (χ1n) is 17.5. The van der Waals surface area contributed by atoms with Crippen LogP contribution in [0.5, 0.6) is 0 Å². The highest BCUT2D eigenvalue weighted by atomic mass is 16.6. The highest BCUT2D eigenvalue weighted by molar-refractivity contribution is 6.08. The van der Waals surface area contributed by atoms with E-state index in [0.717, 1.165) is 18.2 Å². The van der Waals surface area contributed by atoms with Gasteiger partial charge in [-0.15, -0.1) is 0 Å². The van der Waals surface area contributed by atoms with Crippen LogP contribution < -0.4 is 0 Å². The molecule has 0 bridgehead atoms. The van der Waals surface area contributed by atoms with E-state index in [-0.39, 0.29) is 12.8 Å². The van der Waals surface area contributed by atoms with Crippen LogP contribution in [0, 0.1) is 53.3 Å². The Bertz CT molecular complexity index is 1880. The summed E-state index contributed by atoms with van der Waals surface area (Å²) in [5.41, 5.74) is -2.48. The molecule has 3 rings (SSSR count). The summed E-state index contributed by atoms with van der Waals surface area (Å²) >= 11 is 0. The normalized spacial score (nSPS) is 30.6. The van der Waals surface area contributed by atoms with Gasteiger partial charge in [-0.1, -0.05) is 18.2 Å². The molecule has 22 nitrogen and oxygen atoms in total. The minimum atomic E-state index is -2.25. The lowest BCUT2D eigenvalue weighted by atomic mass is 9.76. The molecule has 58 heavy (non-hydrogen) atoms. The van der Waals surface area contributed by atoms with E-state index in [0.29, 0.717) is 0 Å². The molecular formula is C36H38O22. The third-order valence-corrected chi connectivity index (χ3v) is 10.4. The van der Waals surface area contributed by atoms with Gasteiger partial charge in [-0.2, -0.15) is 0 Å². The number of hydrogen-bond donors (Lipinski definition) is 8. The molecule has 8 N–H and O–H groups in total. The maximum atomic E-state index is 13.8. The fraction of sp³-hybridized carbons (Fsp3) is 0.500. The SMILES string of the molecule is O=C(OC(=O)/C1=C/CCC(C(=O)O)C(C(=O)O)CC1C(=O)OC(=O)/C1=C/CCC(C(=O)O)C(C(=O)O)CC1C(=O)O)/C1=C/CCC(C(=O)O)C(C(=O)O)CC1C(=O)O. The first-order chi connectivity index (χ1) is 27.1. The van der Waals surface area contributed by atoms with Crippen LogP contribution in [0.25, 0.3) is 0 Å². The van der Waals surface area contributed by atoms with E-state index >= 15 is 0 Å². The highest BCUT2D eigenvalue weighted by Gasteiger charge is 2.46. The Kier molecular flexibility index (Phi) is 15.3. The monoisotopic (exact) mass is 822 g/mol. The van der Waals surface area contributed by atoms with E-state index in [1.165, 1.54) is 0 Å². The molecule has 0 aromatic carbocycles. The van der Waals surface area contributed by atoms with E-state index in [2.05, 4.69) is 0 Å². The number of ether oxygens (including phenoxy) is 2. The Balaban J connectivity index is 2.04. The van der Waals surface area contributed by atoms with Crippen molar-refractivity contribution < 1.29 is 108 Å². The quantitative estimate of drug-likeness (QED) is 0.0990. The summed E-state index contributed by atoms with van der Waals surface area (Å²) in [7, 11) is 0. The molecule has 0 radical (unpaired) electrons. The zero-order valence-electron chi connectivity index (χ0n) is 30.1. The highest BCUT2D eigenvalue weighted by Crippen LogP contribution is 2.37. The number of carbonyl (C=O) groups is 12. The molecule has 9 atom stereocenters. The molecule has 0 saturated heterocycles. The summed E-state index contributed by atoms with van der Waals surface area (Å²) in [4.78, 5) is 150. The van der Waals surface area contributed by atoms with E-state index in [1.54, 1.807) is 0 Å². The first-order valence-corrected chi connectivity index (χ1v) is 17.5. The van der Waals surface area contributed by atoms with Gasteiger partial charge >= 0.3 is 71.6 Å². The number of carboxylic acid groups (broad SMARTS) is 8. The van der Waals surface area contributed by atoms with Gasteiger partial charge in [-0.3, -0.25) is 43.2 Å². The van der Waals surface area contributed by atoms with E-state index in [9.17, 15) is 98.4 Å². The van der Waals surface area contributed by atoms with Crippen LogP contribution in [0.4, 0.5) is 0 Å². The molecule has 3 aliphatic rings. The number of carbonyl (C=O) groups excluding carboxylic acids is 4. The van der Waals surface area contributed by atoms with E-state index in [4.69, 9.17) is 9.47 Å². The van der Waals surface area contributed by atoms with Crippen LogP contribution >= 0.6 is 0 Å². The summed E-state index contributed by atoms with van der Waals surface area (Å²) in [6, 6.07) is 0. The predicted octanol–water partition coefficient (Wildman–Crippen LogP) is 0.680. The number of esters is 4. The standard InChI is InChI=1S/C36H38O22/c37-25(38)13-4-1-7-16(22(31(49)50)10-19(13)28(43)44)33(53)57-35(55)18-9-3-6-15(27(41)42)21(30(47)48)12-24(18)36(56)58-34(54)17-8-2-5-14(26(39)40)20(29(45)46)11-23(17)32(51)52/h7-9,13-15,19-24H,1-6,10-12H2,(H,37,38)(H,39,40)(H,41,42)(H,43,44)(H,45,46)(H,47,48)(H,49,50)(H,51,52)/b16-7+,17-8+,18-9+. The van der Waals surface area contributed by atoms with E-state index in [1.807, 2.05) is 0 Å². The average Bonchev–Trinajstić information content (AvgIpc) is 3.06. The third kappa shape index (κ3) is 10.8. The van der Waals surface area contributed by atoms with Crippen molar-refractivity contribution in [3.8, 4) is 0 Å². The molecule has 0 saturated carbocycles. The lowest BCUT2D eigenvalue weighted by Crippen LogP contribution is -2.39. The summed E-state index contributed by atoms with van der Waals surface area (Å²) in [5, 5.41) is 77.9. The van der Waals surface area contributed by atoms with Crippen molar-refractivity contribution in [1.29, 1.82) is 0 Å². The van der Waals surface area contributed by atoms with Crippen molar-refractivity contribution in [3.05, 3.63) is 34.9 Å². The Morgan fingerprint density at radius 1 is 0.362 bits per heavy atom. The molecule has 3 aliphatic carbocycles. The molecule has 0 aliphatic heterocycles. The largest absolute Gasteiger partial charge is 0.481 e. The second-order valence-electron chi connectivity index (χ2n) is 13.8. The van der Waals surface area contributed by atoms with Gasteiger partial charge in [0, 0.05) is 16.7 Å². The Morgan fingerprint density at radius 3 is 0.897 bits per heavy atom. The zero-order chi connectivity index (χ0) is 43.8. The molecule has 0 spiro atoms. The molecule has 0 aromatic heterocycles. The Morgan fingerprint density at radius 2 is 0.621 bits per heavy atom. The summed E-state index contributed by atoms with van der Waals surface area (Å²) in [5.74, 6) is -37.4. The summed E-state index contributed by atoms with van der Waals surface area (Å²) in [6.07, 6.45) is -2.79. The van der Waals surface area contributed by atoms with Gasteiger partial charge < -0.3 is 50.3 Å². The zero-order valence-corrected chi connectivity index (χ0v) is 30.1. The maximum Gasteiger partial charge on any atom is 0.342 e. The number of hydrogen-bond acceptors (Lipinski definition) is 14. The molecular weight excluding hydrogens is 784 g/mol. The van der Waals surface area contributed by atoms with Gasteiger partial charge in [-0.05, 0) is 57.8 Å². The van der Waals surface area contributed by atoms with Gasteiger partial charge in [0.25, 0.3) is 0 Å². The Hall–Kier alpha value is -6.74. The fourth-order valence-electron chi connectivity index (χ4n) is 7.42. The van der Waals surface area contributed by atoms with E-state index < -0.39 is 187 Å². The summed E-state index contributed by atoms with van der Waals surface area (Å²) < 4.78 is 9.80. The van der Waals surface area contributed by atoms with Crippen molar-refractivity contribution in [1.82, 2.24) is 0 Å². The number of allylic oxidation sites excluding steroid dienone is 3. The van der Waals surface area contributed by atoms with Gasteiger partial charge in [0.2, 0.25) is 0 Å². The van der Waals surface area contributed by atoms with Gasteiger partial charge in [0.1, 0.15) is 0 Å². The van der Waals surface area contributed by atoms with Crippen LogP contribution in [0.1, 0.15) is 57.8 Å². The smallest absolute Gasteiger partial charge is 0.342 e. The topological polar surface area (TPSA) is 385 Å². The predicted molar refractivity (Wildman–Crippen MR) is 180 cm³/mol. The average molecular weight is 823 g/mol. The molecule has 0 fully saturated rings. The first kappa shape index (κ1) is 45.6. The van der Waals surface area contributed by atoms with Crippen LogP contribution in [-0.2, 0) is 67.0 Å². The summed E-state index contributed by atoms with van der Waals surface area (Å²) in [6.45, 7) is 0. The van der Waals surface area contributed by atoms with Crippen LogP contribution in [0.3, 0.4) is 0 Å². The lowest BCUT2D eigenvalue weighted by Gasteiger charge is -2.28. The third-order valence-electron chi connectivity index (χ3n) is 10.4. The van der Waals surface area contributed by atoms with Gasteiger partial charge in [0.05, 0.1) is 53.3 Å². The van der Waals surface area contributed by atoms with Crippen molar-refractivity contribution in [2.24, 2.45) is 53.3 Å². The molecule has 0 amide bonds. The van der Waals surface area contributed by atoms with Crippen molar-refractivity contribution in [2.45, 2.75) is 57.8 Å². The van der Waals surface area contributed by atoms with Crippen molar-refractivity contribution in [3.63, 3.8) is 0 Å².